The molecule has 1 aromatic heterocycles. The SMILES string of the molecule is Fc1ccc(C2=C3C=CC=[N+]3[B@-]3(c4ccccc4)Oc4ccccc4-c4ccc2n43)cc1. The fourth-order valence-electron chi connectivity index (χ4n) is 5.48. The molecule has 4 heterocycles. The Morgan fingerprint density at radius 3 is 2.38 bits per heavy atom. The number of allylic oxidation sites excluding steroid dienone is 2. The lowest BCUT2D eigenvalue weighted by Crippen LogP contribution is -2.70. The van der Waals surface area contributed by atoms with Gasteiger partial charge in [-0.1, -0.05) is 60.1 Å². The van der Waals surface area contributed by atoms with Gasteiger partial charge in [-0.25, -0.2) is 4.39 Å². The summed E-state index contributed by atoms with van der Waals surface area (Å²) in [6, 6.07) is 29.7. The zero-order valence-electron chi connectivity index (χ0n) is 17.2. The average Bonchev–Trinajstić information content (AvgIpc) is 3.50. The molecule has 0 fully saturated rings. The van der Waals surface area contributed by atoms with Crippen molar-refractivity contribution >= 4 is 23.9 Å². The Morgan fingerprint density at radius 2 is 1.53 bits per heavy atom. The summed E-state index contributed by atoms with van der Waals surface area (Å²) in [6.07, 6.45) is 6.26. The lowest BCUT2D eigenvalue weighted by molar-refractivity contribution is -0.342. The number of hydrogen-bond donors (Lipinski definition) is 0. The number of para-hydroxylation sites is 1. The molecular formula is C27H18BFN2O. The number of halogens is 1. The molecule has 5 heteroatoms. The summed E-state index contributed by atoms with van der Waals surface area (Å²) in [5, 5.41) is 0. The third-order valence-electron chi connectivity index (χ3n) is 6.76. The molecule has 0 amide bonds. The molecule has 152 valence electrons. The second-order valence-corrected chi connectivity index (χ2v) is 8.38. The van der Waals surface area contributed by atoms with Gasteiger partial charge in [-0.3, -0.25) is 0 Å². The monoisotopic (exact) mass is 416 g/mol. The highest BCUT2D eigenvalue weighted by molar-refractivity contribution is 6.80. The molecule has 0 unspecified atom stereocenters. The molecule has 32 heavy (non-hydrogen) atoms. The van der Waals surface area contributed by atoms with E-state index in [1.165, 1.54) is 12.1 Å². The molecule has 7 rings (SSSR count). The minimum Gasteiger partial charge on any atom is -0.635 e. The number of benzene rings is 3. The van der Waals surface area contributed by atoms with Crippen molar-refractivity contribution in [2.24, 2.45) is 0 Å². The van der Waals surface area contributed by atoms with E-state index in [0.717, 1.165) is 45.0 Å². The molecule has 0 saturated carbocycles. The van der Waals surface area contributed by atoms with E-state index in [4.69, 9.17) is 4.65 Å². The Bertz CT molecular complexity index is 1500. The number of hydrogen-bond acceptors (Lipinski definition) is 1. The quantitative estimate of drug-likeness (QED) is 0.429. The Hall–Kier alpha value is -4.12. The van der Waals surface area contributed by atoms with Crippen LogP contribution in [-0.4, -0.2) is 21.8 Å². The first-order valence-corrected chi connectivity index (χ1v) is 10.8. The number of nitrogens with zero attached hydrogens (tertiary/aromatic N) is 2. The smallest absolute Gasteiger partial charge is 0.597 e. The Morgan fingerprint density at radius 1 is 0.781 bits per heavy atom. The lowest BCUT2D eigenvalue weighted by atomic mass is 9.54. The van der Waals surface area contributed by atoms with Crippen LogP contribution < -0.4 is 10.1 Å². The minimum absolute atomic E-state index is 0.238. The van der Waals surface area contributed by atoms with Gasteiger partial charge >= 0.3 is 6.62 Å². The molecule has 3 aromatic carbocycles. The Kier molecular flexibility index (Phi) is 3.40. The predicted molar refractivity (Wildman–Crippen MR) is 126 cm³/mol. The second kappa shape index (κ2) is 6.20. The van der Waals surface area contributed by atoms with Crippen LogP contribution in [0.1, 0.15) is 11.3 Å². The van der Waals surface area contributed by atoms with Crippen LogP contribution >= 0.6 is 0 Å². The summed E-state index contributed by atoms with van der Waals surface area (Å²) < 4.78 is 25.3. The van der Waals surface area contributed by atoms with Crippen LogP contribution in [0.2, 0.25) is 0 Å². The van der Waals surface area contributed by atoms with Gasteiger partial charge < -0.3 is 13.6 Å². The van der Waals surface area contributed by atoms with Crippen molar-refractivity contribution in [3.63, 3.8) is 0 Å². The molecule has 4 aromatic rings. The Labute approximate surface area is 185 Å². The van der Waals surface area contributed by atoms with Gasteiger partial charge in [0.1, 0.15) is 12.0 Å². The van der Waals surface area contributed by atoms with Crippen molar-refractivity contribution in [1.29, 1.82) is 0 Å². The highest BCUT2D eigenvalue weighted by Gasteiger charge is 2.56. The van der Waals surface area contributed by atoms with Crippen LogP contribution in [0.5, 0.6) is 5.75 Å². The summed E-state index contributed by atoms with van der Waals surface area (Å²) in [5.41, 5.74) is 7.44. The summed E-state index contributed by atoms with van der Waals surface area (Å²) in [4.78, 5) is 0. The molecule has 0 saturated heterocycles. The molecule has 0 bridgehead atoms. The van der Waals surface area contributed by atoms with E-state index < -0.39 is 6.62 Å². The second-order valence-electron chi connectivity index (χ2n) is 8.38. The van der Waals surface area contributed by atoms with Gasteiger partial charge in [-0.15, -0.1) is 0 Å². The van der Waals surface area contributed by atoms with E-state index in [-0.39, 0.29) is 5.82 Å². The van der Waals surface area contributed by atoms with E-state index in [0.29, 0.717) is 0 Å². The summed E-state index contributed by atoms with van der Waals surface area (Å²) in [6.45, 7) is -1.81. The standard InChI is InChI=1S/C27H18BFN2O/c29-21-14-12-19(13-15-21)27-24-10-6-18-30(24)28(20-7-2-1-3-8-20)31-23(16-17-25(27)31)22-9-4-5-11-26(22)32-28/h1-18H/t28-/m0/s1. The van der Waals surface area contributed by atoms with Crippen molar-refractivity contribution in [1.82, 2.24) is 4.48 Å². The van der Waals surface area contributed by atoms with Crippen LogP contribution in [0.15, 0.2) is 109 Å². The zero-order valence-corrected chi connectivity index (χ0v) is 17.2. The van der Waals surface area contributed by atoms with Crippen LogP contribution in [0.25, 0.3) is 16.8 Å². The minimum atomic E-state index is -1.81. The van der Waals surface area contributed by atoms with Gasteiger partial charge in [0.2, 0.25) is 0 Å². The average molecular weight is 416 g/mol. The molecule has 0 spiro atoms. The van der Waals surface area contributed by atoms with Gasteiger partial charge in [0, 0.05) is 29.1 Å². The summed E-state index contributed by atoms with van der Waals surface area (Å²) in [5.74, 6) is 0.635. The molecule has 3 nitrogen and oxygen atoms in total. The van der Waals surface area contributed by atoms with Crippen molar-refractivity contribution in [2.45, 2.75) is 0 Å². The summed E-state index contributed by atoms with van der Waals surface area (Å²) >= 11 is 0. The topological polar surface area (TPSA) is 17.2 Å². The molecule has 3 aliphatic rings. The van der Waals surface area contributed by atoms with Crippen molar-refractivity contribution in [2.75, 3.05) is 0 Å². The number of fused-ring (bicyclic) bond motifs is 4. The first-order valence-electron chi connectivity index (χ1n) is 10.8. The predicted octanol–water partition coefficient (Wildman–Crippen LogP) is 4.81. The van der Waals surface area contributed by atoms with Crippen molar-refractivity contribution < 1.29 is 13.5 Å². The molecule has 3 aliphatic heterocycles. The van der Waals surface area contributed by atoms with Gasteiger partial charge in [0.25, 0.3) is 0 Å². The first-order chi connectivity index (χ1) is 15.8. The van der Waals surface area contributed by atoms with Crippen LogP contribution in [0, 0.1) is 5.82 Å². The van der Waals surface area contributed by atoms with E-state index in [1.807, 2.05) is 36.4 Å². The molecule has 0 radical (unpaired) electrons. The van der Waals surface area contributed by atoms with E-state index >= 15 is 0 Å². The van der Waals surface area contributed by atoms with Crippen LogP contribution in [-0.2, 0) is 0 Å². The lowest BCUT2D eigenvalue weighted by Gasteiger charge is -2.47. The van der Waals surface area contributed by atoms with Gasteiger partial charge in [-0.2, -0.15) is 0 Å². The molecule has 0 N–H and O–H groups in total. The normalized spacial score (nSPS) is 19.7. The molecule has 0 aliphatic carbocycles. The highest BCUT2D eigenvalue weighted by atomic mass is 19.1. The van der Waals surface area contributed by atoms with Gasteiger partial charge in [0.05, 0.1) is 11.3 Å². The maximum absolute atomic E-state index is 13.7. The Balaban J connectivity index is 1.62. The molecular weight excluding hydrogens is 398 g/mol. The van der Waals surface area contributed by atoms with E-state index in [2.05, 4.69) is 69.8 Å². The fraction of sp³-hybridized carbons (Fsp3) is 0. The van der Waals surface area contributed by atoms with Crippen molar-refractivity contribution in [3.8, 4) is 17.0 Å². The largest absolute Gasteiger partial charge is 0.635 e. The maximum atomic E-state index is 13.7. The van der Waals surface area contributed by atoms with E-state index in [9.17, 15) is 4.39 Å². The third kappa shape index (κ3) is 2.12. The molecule has 1 atom stereocenters. The van der Waals surface area contributed by atoms with Gasteiger partial charge in [-0.05, 0) is 42.0 Å². The van der Waals surface area contributed by atoms with Crippen molar-refractivity contribution in [3.05, 3.63) is 126 Å². The van der Waals surface area contributed by atoms with Crippen LogP contribution in [0.3, 0.4) is 0 Å². The van der Waals surface area contributed by atoms with Gasteiger partial charge in [0.15, 0.2) is 5.70 Å². The number of aromatic nitrogens is 1. The first kappa shape index (κ1) is 17.6. The zero-order chi connectivity index (χ0) is 21.3. The van der Waals surface area contributed by atoms with Crippen LogP contribution in [0.4, 0.5) is 4.39 Å². The highest BCUT2D eigenvalue weighted by Crippen LogP contribution is 2.46. The summed E-state index contributed by atoms with van der Waals surface area (Å²) in [7, 11) is 0. The fourth-order valence-corrected chi connectivity index (χ4v) is 5.48. The third-order valence-corrected chi connectivity index (χ3v) is 6.76. The maximum Gasteiger partial charge on any atom is 0.597 e. The number of rotatable bonds is 2. The van der Waals surface area contributed by atoms with E-state index in [1.54, 1.807) is 0 Å².